The van der Waals surface area contributed by atoms with Gasteiger partial charge in [0, 0.05) is 20.5 Å². The quantitative estimate of drug-likeness (QED) is 0.213. The van der Waals surface area contributed by atoms with Gasteiger partial charge in [0.25, 0.3) is 0 Å². The van der Waals surface area contributed by atoms with E-state index in [1.807, 2.05) is 27.7 Å². The Kier molecular flexibility index (Phi) is 11.0. The molecular weight excluding hydrogens is 505 g/mol. The van der Waals surface area contributed by atoms with E-state index in [2.05, 4.69) is 10.0 Å². The fourth-order valence-corrected chi connectivity index (χ4v) is 4.44. The molecule has 12 nitrogen and oxygen atoms in total. The molecule has 37 heavy (non-hydrogen) atoms. The van der Waals surface area contributed by atoms with Gasteiger partial charge in [0.2, 0.25) is 5.91 Å². The fraction of sp³-hybridized carbons (Fsp3) is 0.870. The van der Waals surface area contributed by atoms with Gasteiger partial charge in [-0.25, -0.2) is 9.59 Å². The van der Waals surface area contributed by atoms with Crippen LogP contribution >= 0.6 is 0 Å². The second kappa shape index (κ2) is 12.3. The molecule has 1 heterocycles. The molecule has 1 fully saturated rings. The molecule has 1 aliphatic heterocycles. The Labute approximate surface area is 221 Å². The molecule has 0 aliphatic carbocycles. The first-order valence-corrected chi connectivity index (χ1v) is 13.9. The summed E-state index contributed by atoms with van der Waals surface area (Å²) in [5, 5.41) is 2.57. The number of amides is 2. The third-order valence-corrected chi connectivity index (χ3v) is 7.62. The molecule has 0 saturated carbocycles. The second-order valence-electron chi connectivity index (χ2n) is 11.2. The number of carbonyl (C=O) groups excluding carboxylic acids is 3. The first-order chi connectivity index (χ1) is 16.7. The highest BCUT2D eigenvalue weighted by atomic mass is 32.2. The summed E-state index contributed by atoms with van der Waals surface area (Å²) in [7, 11) is -3.80. The summed E-state index contributed by atoms with van der Waals surface area (Å²) in [5.74, 6) is -1.33. The molecular formula is C23H44BN3O9S. The van der Waals surface area contributed by atoms with Crippen LogP contribution < -0.4 is 10.0 Å². The highest BCUT2D eigenvalue weighted by Crippen LogP contribution is 2.38. The number of carbonyl (C=O) groups is 3. The number of esters is 1. The molecule has 2 N–H and O–H groups in total. The number of unbranched alkanes of at least 4 members (excludes halogenated alkanes) is 1. The van der Waals surface area contributed by atoms with E-state index in [1.54, 1.807) is 27.7 Å². The van der Waals surface area contributed by atoms with Crippen molar-refractivity contribution in [1.82, 2.24) is 14.3 Å². The minimum absolute atomic E-state index is 0.0264. The number of ether oxygens (including phenoxy) is 2. The molecule has 1 unspecified atom stereocenters. The van der Waals surface area contributed by atoms with E-state index in [1.165, 1.54) is 6.92 Å². The van der Waals surface area contributed by atoms with E-state index in [0.29, 0.717) is 23.5 Å². The van der Waals surface area contributed by atoms with Gasteiger partial charge < -0.3 is 24.1 Å². The summed E-state index contributed by atoms with van der Waals surface area (Å²) in [6, 6.07) is 0. The minimum atomic E-state index is -4.41. The van der Waals surface area contributed by atoms with Crippen molar-refractivity contribution in [2.24, 2.45) is 0 Å². The zero-order valence-electron chi connectivity index (χ0n) is 23.8. The minimum Gasteiger partial charge on any atom is -0.464 e. The largest absolute Gasteiger partial charge is 0.464 e. The monoisotopic (exact) mass is 549 g/mol. The maximum atomic E-state index is 13.0. The Hall–Kier alpha value is -1.90. The lowest BCUT2D eigenvalue weighted by Gasteiger charge is -2.33. The molecule has 0 spiro atoms. The first-order valence-electron chi connectivity index (χ1n) is 12.5. The summed E-state index contributed by atoms with van der Waals surface area (Å²) in [6.45, 7) is 14.9. The zero-order valence-corrected chi connectivity index (χ0v) is 24.7. The molecule has 1 rings (SSSR count). The summed E-state index contributed by atoms with van der Waals surface area (Å²) in [6.07, 6.45) is 0.515. The average Bonchev–Trinajstić information content (AvgIpc) is 2.93. The number of nitrogens with zero attached hydrogens (tertiary/aromatic N) is 1. The van der Waals surface area contributed by atoms with E-state index in [0.717, 1.165) is 7.05 Å². The predicted octanol–water partition coefficient (Wildman–Crippen LogP) is 2.39. The van der Waals surface area contributed by atoms with Crippen LogP contribution in [0.3, 0.4) is 0 Å². The molecule has 2 amide bonds. The standard InChI is InChI=1S/C23H44BN3O9S/c1-11-33-18(29)23(26-17(2)28,14-12-13-15-24-35-21(6,7)22(8,9)36-24)16-25-37(31,32)27(10)19(30)34-20(3,4)5/h25H,11-16H2,1-10H3,(H,26,28). The number of rotatable bonds is 12. The Morgan fingerprint density at radius 1 is 1.03 bits per heavy atom. The van der Waals surface area contributed by atoms with Crippen molar-refractivity contribution in [3.05, 3.63) is 0 Å². The van der Waals surface area contributed by atoms with Crippen LogP contribution in [0.4, 0.5) is 4.79 Å². The van der Waals surface area contributed by atoms with Gasteiger partial charge in [-0.1, -0.05) is 12.8 Å². The third kappa shape index (κ3) is 9.41. The van der Waals surface area contributed by atoms with E-state index in [9.17, 15) is 22.8 Å². The molecule has 0 aromatic rings. The van der Waals surface area contributed by atoms with Gasteiger partial charge in [0.05, 0.1) is 17.8 Å². The Balaban J connectivity index is 3.00. The highest BCUT2D eigenvalue weighted by molar-refractivity contribution is 7.87. The maximum Gasteiger partial charge on any atom is 0.457 e. The van der Waals surface area contributed by atoms with Gasteiger partial charge in [-0.05, 0) is 68.1 Å². The normalized spacial score (nSPS) is 18.6. The molecule has 14 heteroatoms. The topological polar surface area (TPSA) is 150 Å². The molecule has 1 aliphatic rings. The van der Waals surface area contributed by atoms with Crippen molar-refractivity contribution in [1.29, 1.82) is 0 Å². The summed E-state index contributed by atoms with van der Waals surface area (Å²) < 4.78 is 50.6. The molecule has 0 radical (unpaired) electrons. The van der Waals surface area contributed by atoms with Crippen molar-refractivity contribution in [2.75, 3.05) is 20.2 Å². The van der Waals surface area contributed by atoms with Crippen molar-refractivity contribution in [3.8, 4) is 0 Å². The third-order valence-electron chi connectivity index (χ3n) is 6.24. The number of hydrogen-bond donors (Lipinski definition) is 2. The highest BCUT2D eigenvalue weighted by Gasteiger charge is 2.50. The molecule has 1 saturated heterocycles. The van der Waals surface area contributed by atoms with Crippen LogP contribution in [0.1, 0.15) is 81.6 Å². The van der Waals surface area contributed by atoms with Crippen LogP contribution in [0, 0.1) is 0 Å². The SMILES string of the molecule is CCOC(=O)C(CCCCB1OC(C)(C)C(C)(C)O1)(CNS(=O)(=O)N(C)C(=O)OC(C)(C)C)NC(C)=O. The van der Waals surface area contributed by atoms with Crippen LogP contribution in [-0.4, -0.2) is 80.4 Å². The van der Waals surface area contributed by atoms with E-state index < -0.39 is 64.2 Å². The van der Waals surface area contributed by atoms with Crippen molar-refractivity contribution < 1.29 is 41.6 Å². The summed E-state index contributed by atoms with van der Waals surface area (Å²) in [5.41, 5.74) is -3.55. The Morgan fingerprint density at radius 3 is 2.03 bits per heavy atom. The predicted molar refractivity (Wildman–Crippen MR) is 139 cm³/mol. The molecule has 214 valence electrons. The van der Waals surface area contributed by atoms with Crippen molar-refractivity contribution in [3.63, 3.8) is 0 Å². The summed E-state index contributed by atoms with van der Waals surface area (Å²) >= 11 is 0. The lowest BCUT2D eigenvalue weighted by Crippen LogP contribution is -2.62. The maximum absolute atomic E-state index is 13.0. The number of nitrogens with one attached hydrogen (secondary N) is 2. The smallest absolute Gasteiger partial charge is 0.457 e. The van der Waals surface area contributed by atoms with Gasteiger partial charge in [0.1, 0.15) is 5.60 Å². The van der Waals surface area contributed by atoms with Gasteiger partial charge in [-0.15, -0.1) is 0 Å². The van der Waals surface area contributed by atoms with Crippen molar-refractivity contribution >= 4 is 35.3 Å². The first kappa shape index (κ1) is 33.1. The summed E-state index contributed by atoms with van der Waals surface area (Å²) in [4.78, 5) is 37.3. The van der Waals surface area contributed by atoms with E-state index in [-0.39, 0.29) is 13.0 Å². The van der Waals surface area contributed by atoms with E-state index in [4.69, 9.17) is 18.8 Å². The van der Waals surface area contributed by atoms with Crippen LogP contribution in [-0.2, 0) is 38.6 Å². The van der Waals surface area contributed by atoms with Crippen LogP contribution in [0.15, 0.2) is 0 Å². The average molecular weight is 549 g/mol. The number of hydrogen-bond acceptors (Lipinski definition) is 9. The van der Waals surface area contributed by atoms with Crippen LogP contribution in [0.25, 0.3) is 0 Å². The second-order valence-corrected chi connectivity index (χ2v) is 13.0. The van der Waals surface area contributed by atoms with Crippen LogP contribution in [0.5, 0.6) is 0 Å². The zero-order chi connectivity index (χ0) is 28.9. The van der Waals surface area contributed by atoms with Crippen molar-refractivity contribution in [2.45, 2.75) is 110 Å². The molecule has 0 aromatic carbocycles. The van der Waals surface area contributed by atoms with Gasteiger partial charge in [-0.2, -0.15) is 17.4 Å². The van der Waals surface area contributed by atoms with Gasteiger partial charge in [0.15, 0.2) is 5.54 Å². The van der Waals surface area contributed by atoms with Gasteiger partial charge >= 0.3 is 29.4 Å². The van der Waals surface area contributed by atoms with Gasteiger partial charge in [-0.3, -0.25) is 4.79 Å². The molecule has 1 atom stereocenters. The van der Waals surface area contributed by atoms with E-state index >= 15 is 0 Å². The lowest BCUT2D eigenvalue weighted by molar-refractivity contribution is -0.153. The molecule has 0 bridgehead atoms. The van der Waals surface area contributed by atoms with Crippen LogP contribution in [0.2, 0.25) is 6.32 Å². The fourth-order valence-electron chi connectivity index (χ4n) is 3.58. The lowest BCUT2D eigenvalue weighted by atomic mass is 9.80. The molecule has 0 aromatic heterocycles. The Bertz CT molecular complexity index is 918. The Morgan fingerprint density at radius 2 is 1.57 bits per heavy atom.